The number of amides is 1. The van der Waals surface area contributed by atoms with Gasteiger partial charge < -0.3 is 15.1 Å². The first-order chi connectivity index (χ1) is 18.2. The van der Waals surface area contributed by atoms with Crippen molar-refractivity contribution in [3.05, 3.63) is 55.0 Å². The number of sulfone groups is 1. The van der Waals surface area contributed by atoms with Gasteiger partial charge in [0.05, 0.1) is 16.0 Å². The Balaban J connectivity index is 1.37. The van der Waals surface area contributed by atoms with Gasteiger partial charge in [0, 0.05) is 30.9 Å². The van der Waals surface area contributed by atoms with Crippen molar-refractivity contribution in [2.45, 2.75) is 68.6 Å². The number of carbonyl (C=O) groups is 1. The van der Waals surface area contributed by atoms with Crippen LogP contribution < -0.4 is 5.32 Å². The van der Waals surface area contributed by atoms with Crippen LogP contribution in [0.15, 0.2) is 59.9 Å². The number of aromatic nitrogens is 3. The van der Waals surface area contributed by atoms with Crippen molar-refractivity contribution in [1.29, 1.82) is 0 Å². The van der Waals surface area contributed by atoms with Crippen LogP contribution in [0.25, 0.3) is 11.0 Å². The van der Waals surface area contributed by atoms with E-state index in [0.29, 0.717) is 35.4 Å². The van der Waals surface area contributed by atoms with Gasteiger partial charge in [-0.1, -0.05) is 18.2 Å². The third kappa shape index (κ3) is 5.37. The molecule has 5 rings (SSSR count). The monoisotopic (exact) mass is 536 g/mol. The Hall–Kier alpha value is -3.11. The van der Waals surface area contributed by atoms with E-state index < -0.39 is 15.9 Å². The quantitative estimate of drug-likeness (QED) is 0.467. The van der Waals surface area contributed by atoms with Gasteiger partial charge in [0.1, 0.15) is 18.2 Å². The Bertz CT molecular complexity index is 1380. The first kappa shape index (κ1) is 26.5. The van der Waals surface area contributed by atoms with E-state index in [9.17, 15) is 13.2 Å². The van der Waals surface area contributed by atoms with E-state index in [-0.39, 0.29) is 29.7 Å². The third-order valence-corrected chi connectivity index (χ3v) is 10.1. The average Bonchev–Trinajstić information content (AvgIpc) is 3.28. The van der Waals surface area contributed by atoms with E-state index in [1.807, 2.05) is 23.1 Å². The lowest BCUT2D eigenvalue weighted by Crippen LogP contribution is -2.52. The molecule has 2 fully saturated rings. The molecule has 1 aliphatic heterocycles. The predicted molar refractivity (Wildman–Crippen MR) is 147 cm³/mol. The molecule has 10 heteroatoms. The number of hydrogen-bond donors (Lipinski definition) is 1. The maximum atomic E-state index is 13.7. The molecule has 0 bridgehead atoms. The number of nitrogens with zero attached hydrogens (tertiary/aromatic N) is 5. The molecule has 9 nitrogen and oxygen atoms in total. The van der Waals surface area contributed by atoms with Gasteiger partial charge in [-0.05, 0) is 76.8 Å². The maximum Gasteiger partial charge on any atom is 0.245 e. The normalized spacial score (nSPS) is 24.4. The number of carbonyl (C=O) groups excluding carboxylic acids is 1. The Kier molecular flexibility index (Phi) is 7.63. The summed E-state index contributed by atoms with van der Waals surface area (Å²) in [5.41, 5.74) is 0.575. The minimum atomic E-state index is -3.49. The molecule has 1 N–H and O–H groups in total. The van der Waals surface area contributed by atoms with Crippen LogP contribution >= 0.6 is 0 Å². The molecule has 1 aromatic carbocycles. The van der Waals surface area contributed by atoms with Gasteiger partial charge in [0.2, 0.25) is 5.91 Å². The van der Waals surface area contributed by atoms with E-state index >= 15 is 0 Å². The fourth-order valence-corrected chi connectivity index (χ4v) is 7.64. The van der Waals surface area contributed by atoms with E-state index in [1.54, 1.807) is 30.5 Å². The van der Waals surface area contributed by atoms with Gasteiger partial charge in [0.15, 0.2) is 15.5 Å². The van der Waals surface area contributed by atoms with E-state index in [4.69, 9.17) is 0 Å². The first-order valence-corrected chi connectivity index (χ1v) is 15.0. The molecule has 3 heterocycles. The molecule has 0 radical (unpaired) electrons. The number of hydrogen-bond acceptors (Lipinski definition) is 8. The summed E-state index contributed by atoms with van der Waals surface area (Å²) in [4.78, 5) is 31.2. The maximum absolute atomic E-state index is 13.7. The lowest BCUT2D eigenvalue weighted by Gasteiger charge is -2.44. The molecule has 2 aromatic heterocycles. The Morgan fingerprint density at radius 2 is 1.84 bits per heavy atom. The first-order valence-electron chi connectivity index (χ1n) is 13.4. The zero-order valence-corrected chi connectivity index (χ0v) is 23.0. The second kappa shape index (κ2) is 10.9. The van der Waals surface area contributed by atoms with Crippen molar-refractivity contribution in [2.24, 2.45) is 5.92 Å². The van der Waals surface area contributed by atoms with Gasteiger partial charge in [-0.25, -0.2) is 23.4 Å². The molecule has 0 unspecified atom stereocenters. The van der Waals surface area contributed by atoms with E-state index in [0.717, 1.165) is 24.6 Å². The number of rotatable bonds is 8. The van der Waals surface area contributed by atoms with Gasteiger partial charge in [-0.2, -0.15) is 0 Å². The van der Waals surface area contributed by atoms with Crippen molar-refractivity contribution in [3.8, 4) is 0 Å². The highest BCUT2D eigenvalue weighted by Crippen LogP contribution is 2.36. The zero-order chi connectivity index (χ0) is 26.9. The molecule has 202 valence electrons. The van der Waals surface area contributed by atoms with E-state index in [2.05, 4.69) is 46.1 Å². The average molecular weight is 537 g/mol. The number of nitrogens with one attached hydrogen (secondary N) is 1. The van der Waals surface area contributed by atoms with Crippen LogP contribution in [0, 0.1) is 5.92 Å². The lowest BCUT2D eigenvalue weighted by molar-refractivity contribution is -0.132. The highest BCUT2D eigenvalue weighted by atomic mass is 32.2. The summed E-state index contributed by atoms with van der Waals surface area (Å²) < 4.78 is 26.9. The summed E-state index contributed by atoms with van der Waals surface area (Å²) in [6, 6.07) is 12.5. The fourth-order valence-electron chi connectivity index (χ4n) is 5.95. The van der Waals surface area contributed by atoms with Crippen LogP contribution in [0.3, 0.4) is 0 Å². The Morgan fingerprint density at radius 3 is 2.61 bits per heavy atom. The Labute approximate surface area is 224 Å². The van der Waals surface area contributed by atoms with Gasteiger partial charge in [0.25, 0.3) is 0 Å². The van der Waals surface area contributed by atoms with Gasteiger partial charge in [-0.3, -0.25) is 4.79 Å². The number of benzene rings is 1. The SMILES string of the molecule is CC(C)N(C)[C@@H]1CC[C@H](N2CC[C@H](Nc3ncnc4ncccc34)C2=O)[C@H](CS(=O)(=O)c2ccccc2)C1. The standard InChI is InChI=1S/C28H36N6O3S/c1-19(2)33(3)21-11-12-25(20(16-21)17-38(36,37)22-8-5-4-6-9-22)34-15-13-24(28(34)35)32-27-23-10-7-14-29-26(23)30-18-31-27/h4-10,14,18-21,24-25H,11-13,15-17H2,1-3H3,(H,29,30,31,32)/t20-,21+,24-,25-/m0/s1. The smallest absolute Gasteiger partial charge is 0.245 e. The van der Waals surface area contributed by atoms with Crippen molar-refractivity contribution < 1.29 is 13.2 Å². The van der Waals surface area contributed by atoms with Crippen LogP contribution in [-0.4, -0.2) is 82.6 Å². The van der Waals surface area contributed by atoms with Crippen LogP contribution in [-0.2, 0) is 14.6 Å². The van der Waals surface area contributed by atoms with Gasteiger partial charge >= 0.3 is 0 Å². The van der Waals surface area contributed by atoms with Crippen molar-refractivity contribution in [3.63, 3.8) is 0 Å². The molecule has 1 saturated heterocycles. The second-order valence-electron chi connectivity index (χ2n) is 10.8. The summed E-state index contributed by atoms with van der Waals surface area (Å²) in [6.45, 7) is 4.91. The molecule has 1 aliphatic carbocycles. The lowest BCUT2D eigenvalue weighted by atomic mass is 9.81. The molecule has 0 spiro atoms. The molecular weight excluding hydrogens is 500 g/mol. The molecule has 2 aliphatic rings. The molecule has 1 amide bonds. The number of anilines is 1. The summed E-state index contributed by atoms with van der Waals surface area (Å²) in [6.07, 6.45) is 6.23. The fraction of sp³-hybridized carbons (Fsp3) is 0.500. The zero-order valence-electron chi connectivity index (χ0n) is 22.2. The molecule has 1 saturated carbocycles. The largest absolute Gasteiger partial charge is 0.358 e. The summed E-state index contributed by atoms with van der Waals surface area (Å²) in [5, 5.41) is 4.09. The number of fused-ring (bicyclic) bond motifs is 1. The summed E-state index contributed by atoms with van der Waals surface area (Å²) in [5.74, 6) is 0.484. The van der Waals surface area contributed by atoms with Crippen LogP contribution in [0.1, 0.15) is 39.5 Å². The topological polar surface area (TPSA) is 108 Å². The Morgan fingerprint density at radius 1 is 1.05 bits per heavy atom. The minimum absolute atomic E-state index is 0.00317. The van der Waals surface area contributed by atoms with Crippen LogP contribution in [0.5, 0.6) is 0 Å². The number of likely N-dealkylation sites (tertiary alicyclic amines) is 1. The summed E-state index contributed by atoms with van der Waals surface area (Å²) in [7, 11) is -1.38. The highest BCUT2D eigenvalue weighted by molar-refractivity contribution is 7.91. The molecular formula is C28H36N6O3S. The van der Waals surface area contributed by atoms with Crippen molar-refractivity contribution in [1.82, 2.24) is 24.8 Å². The third-order valence-electron chi connectivity index (χ3n) is 8.20. The second-order valence-corrected chi connectivity index (χ2v) is 12.8. The number of pyridine rings is 1. The minimum Gasteiger partial charge on any atom is -0.358 e. The molecule has 4 atom stereocenters. The summed E-state index contributed by atoms with van der Waals surface area (Å²) >= 11 is 0. The van der Waals surface area contributed by atoms with E-state index in [1.165, 1.54) is 6.33 Å². The van der Waals surface area contributed by atoms with Crippen LogP contribution in [0.2, 0.25) is 0 Å². The predicted octanol–water partition coefficient (Wildman–Crippen LogP) is 3.39. The van der Waals surface area contributed by atoms with Crippen molar-refractivity contribution >= 4 is 32.6 Å². The van der Waals surface area contributed by atoms with Gasteiger partial charge in [-0.15, -0.1) is 0 Å². The van der Waals surface area contributed by atoms with Crippen LogP contribution in [0.4, 0.5) is 5.82 Å². The highest BCUT2D eigenvalue weighted by Gasteiger charge is 2.44. The molecule has 3 aromatic rings. The van der Waals surface area contributed by atoms with Crippen molar-refractivity contribution in [2.75, 3.05) is 24.7 Å². The molecule has 38 heavy (non-hydrogen) atoms.